The van der Waals surface area contributed by atoms with E-state index < -0.39 is 0 Å². The van der Waals surface area contributed by atoms with Gasteiger partial charge in [-0.2, -0.15) is 15.3 Å². The van der Waals surface area contributed by atoms with Gasteiger partial charge in [0.15, 0.2) is 5.82 Å². The van der Waals surface area contributed by atoms with Gasteiger partial charge in [0.1, 0.15) is 11.6 Å². The number of hydrogen-bond donors (Lipinski definition) is 0. The monoisotopic (exact) mass is 369 g/mol. The summed E-state index contributed by atoms with van der Waals surface area (Å²) in [5.41, 5.74) is 2.83. The first-order valence-corrected chi connectivity index (χ1v) is 9.15. The van der Waals surface area contributed by atoms with Crippen molar-refractivity contribution in [3.8, 4) is 17.3 Å². The Morgan fingerprint density at radius 2 is 1.63 bits per heavy atom. The van der Waals surface area contributed by atoms with E-state index in [2.05, 4.69) is 21.0 Å². The number of nitriles is 1. The van der Waals surface area contributed by atoms with Crippen LogP contribution in [0.3, 0.4) is 0 Å². The van der Waals surface area contributed by atoms with E-state index in [0.29, 0.717) is 62.5 Å². The molecule has 0 atom stereocenters. The van der Waals surface area contributed by atoms with Gasteiger partial charge < -0.3 is 19.3 Å². The molecule has 142 valence electrons. The van der Waals surface area contributed by atoms with Gasteiger partial charge in [0, 0.05) is 45.0 Å². The Kier molecular flexibility index (Phi) is 4.92. The van der Waals surface area contributed by atoms with Crippen LogP contribution in [0.1, 0.15) is 11.3 Å². The van der Waals surface area contributed by atoms with Crippen molar-refractivity contribution in [1.29, 1.82) is 5.26 Å². The SMILES string of the molecule is Cc1nn(C)cc1-c1nc(N2CCOCC2)nc(N2CCOCC2)c1C#N. The molecule has 27 heavy (non-hydrogen) atoms. The van der Waals surface area contributed by atoms with Gasteiger partial charge in [-0.25, -0.2) is 4.98 Å². The van der Waals surface area contributed by atoms with Crippen LogP contribution >= 0.6 is 0 Å². The smallest absolute Gasteiger partial charge is 0.228 e. The zero-order valence-corrected chi connectivity index (χ0v) is 15.7. The quantitative estimate of drug-likeness (QED) is 0.782. The van der Waals surface area contributed by atoms with Crippen molar-refractivity contribution >= 4 is 11.8 Å². The lowest BCUT2D eigenvalue weighted by molar-refractivity contribution is 0.121. The van der Waals surface area contributed by atoms with Crippen LogP contribution in [0.2, 0.25) is 0 Å². The molecule has 0 bridgehead atoms. The summed E-state index contributed by atoms with van der Waals surface area (Å²) >= 11 is 0. The first kappa shape index (κ1) is 17.7. The second-order valence-electron chi connectivity index (χ2n) is 6.68. The van der Waals surface area contributed by atoms with E-state index in [1.54, 1.807) is 4.68 Å². The molecule has 2 saturated heterocycles. The van der Waals surface area contributed by atoms with E-state index in [0.717, 1.165) is 24.3 Å². The summed E-state index contributed by atoms with van der Waals surface area (Å²) in [7, 11) is 1.87. The summed E-state index contributed by atoms with van der Waals surface area (Å²) in [6.07, 6.45) is 1.91. The average molecular weight is 369 g/mol. The second kappa shape index (κ2) is 7.50. The van der Waals surface area contributed by atoms with Crippen molar-refractivity contribution in [2.75, 3.05) is 62.4 Å². The predicted octanol–water partition coefficient (Wildman–Crippen LogP) is 0.730. The Bertz CT molecular complexity index is 861. The molecule has 0 saturated carbocycles. The highest BCUT2D eigenvalue weighted by atomic mass is 16.5. The lowest BCUT2D eigenvalue weighted by Crippen LogP contribution is -2.40. The molecule has 0 aliphatic carbocycles. The molecular formula is C18H23N7O2. The van der Waals surface area contributed by atoms with E-state index in [1.807, 2.05) is 20.2 Å². The van der Waals surface area contributed by atoms with Crippen LogP contribution in [-0.4, -0.2) is 72.4 Å². The Morgan fingerprint density at radius 3 is 2.19 bits per heavy atom. The van der Waals surface area contributed by atoms with Crippen LogP contribution in [0, 0.1) is 18.3 Å². The van der Waals surface area contributed by atoms with E-state index >= 15 is 0 Å². The average Bonchev–Trinajstić information content (AvgIpc) is 3.06. The molecule has 2 aromatic rings. The van der Waals surface area contributed by atoms with Crippen molar-refractivity contribution in [3.05, 3.63) is 17.5 Å². The molecule has 0 spiro atoms. The van der Waals surface area contributed by atoms with Crippen LogP contribution in [0.5, 0.6) is 0 Å². The van der Waals surface area contributed by atoms with Gasteiger partial charge in [-0.3, -0.25) is 4.68 Å². The summed E-state index contributed by atoms with van der Waals surface area (Å²) in [5.74, 6) is 1.31. The first-order valence-electron chi connectivity index (χ1n) is 9.15. The highest BCUT2D eigenvalue weighted by molar-refractivity contribution is 5.76. The zero-order valence-electron chi connectivity index (χ0n) is 15.7. The minimum atomic E-state index is 0.491. The van der Waals surface area contributed by atoms with E-state index in [4.69, 9.17) is 19.4 Å². The third-order valence-corrected chi connectivity index (χ3v) is 4.86. The maximum Gasteiger partial charge on any atom is 0.228 e. The Balaban J connectivity index is 1.87. The lowest BCUT2D eigenvalue weighted by atomic mass is 10.1. The molecule has 0 amide bonds. The summed E-state index contributed by atoms with van der Waals surface area (Å²) in [4.78, 5) is 13.8. The third-order valence-electron chi connectivity index (χ3n) is 4.86. The largest absolute Gasteiger partial charge is 0.378 e. The maximum absolute atomic E-state index is 9.94. The number of aryl methyl sites for hydroxylation is 2. The van der Waals surface area contributed by atoms with E-state index in [9.17, 15) is 5.26 Å². The number of hydrogen-bond acceptors (Lipinski definition) is 8. The fraction of sp³-hybridized carbons (Fsp3) is 0.556. The van der Waals surface area contributed by atoms with Gasteiger partial charge in [0.25, 0.3) is 0 Å². The third kappa shape index (κ3) is 3.46. The summed E-state index contributed by atoms with van der Waals surface area (Å²) in [6, 6.07) is 2.34. The first-order chi connectivity index (χ1) is 13.2. The van der Waals surface area contributed by atoms with E-state index in [1.165, 1.54) is 0 Å². The molecule has 4 rings (SSSR count). The van der Waals surface area contributed by atoms with Crippen LogP contribution in [-0.2, 0) is 16.5 Å². The van der Waals surface area contributed by atoms with Crippen LogP contribution in [0.25, 0.3) is 11.3 Å². The molecule has 2 aliphatic heterocycles. The normalized spacial score (nSPS) is 17.8. The number of morpholine rings is 2. The molecule has 0 N–H and O–H groups in total. The molecule has 4 heterocycles. The minimum absolute atomic E-state index is 0.491. The fourth-order valence-corrected chi connectivity index (χ4v) is 3.48. The number of rotatable bonds is 3. The highest BCUT2D eigenvalue weighted by Crippen LogP contribution is 2.32. The number of nitrogens with zero attached hydrogens (tertiary/aromatic N) is 7. The van der Waals surface area contributed by atoms with Crippen molar-refractivity contribution in [2.24, 2.45) is 7.05 Å². The molecule has 9 heteroatoms. The number of aromatic nitrogens is 4. The Labute approximate surface area is 158 Å². The number of anilines is 2. The maximum atomic E-state index is 9.94. The molecule has 9 nitrogen and oxygen atoms in total. The summed E-state index contributed by atoms with van der Waals surface area (Å²) in [6.45, 7) is 7.38. The molecule has 2 fully saturated rings. The van der Waals surface area contributed by atoms with Gasteiger partial charge in [0.2, 0.25) is 5.95 Å². The van der Waals surface area contributed by atoms with Crippen LogP contribution < -0.4 is 9.80 Å². The van der Waals surface area contributed by atoms with Crippen LogP contribution in [0.15, 0.2) is 6.20 Å². The standard InChI is InChI=1S/C18H23N7O2/c1-13-15(12-23(2)22-13)16-14(11-19)17(24-3-7-26-8-4-24)21-18(20-16)25-5-9-27-10-6-25/h12H,3-10H2,1-2H3. The number of ether oxygens (including phenoxy) is 2. The fourth-order valence-electron chi connectivity index (χ4n) is 3.48. The molecular weight excluding hydrogens is 346 g/mol. The van der Waals surface area contributed by atoms with Crippen molar-refractivity contribution in [2.45, 2.75) is 6.92 Å². The zero-order chi connectivity index (χ0) is 18.8. The molecule has 0 unspecified atom stereocenters. The minimum Gasteiger partial charge on any atom is -0.378 e. The van der Waals surface area contributed by atoms with Gasteiger partial charge in [-0.15, -0.1) is 0 Å². The van der Waals surface area contributed by atoms with Gasteiger partial charge in [-0.1, -0.05) is 0 Å². The summed E-state index contributed by atoms with van der Waals surface area (Å²) in [5, 5.41) is 14.4. The van der Waals surface area contributed by atoms with Crippen molar-refractivity contribution in [3.63, 3.8) is 0 Å². The van der Waals surface area contributed by atoms with Crippen molar-refractivity contribution < 1.29 is 9.47 Å². The van der Waals surface area contributed by atoms with E-state index in [-0.39, 0.29) is 0 Å². The molecule has 2 aromatic heterocycles. The van der Waals surface area contributed by atoms with Crippen LogP contribution in [0.4, 0.5) is 11.8 Å². The topological polar surface area (TPSA) is 92.3 Å². The highest BCUT2D eigenvalue weighted by Gasteiger charge is 2.26. The van der Waals surface area contributed by atoms with Gasteiger partial charge in [-0.05, 0) is 6.92 Å². The lowest BCUT2D eigenvalue weighted by Gasteiger charge is -2.31. The Morgan fingerprint density at radius 1 is 1.00 bits per heavy atom. The molecule has 2 aliphatic rings. The summed E-state index contributed by atoms with van der Waals surface area (Å²) < 4.78 is 12.7. The van der Waals surface area contributed by atoms with Gasteiger partial charge in [0.05, 0.1) is 37.8 Å². The molecule has 0 aromatic carbocycles. The molecule has 0 radical (unpaired) electrons. The predicted molar refractivity (Wildman–Crippen MR) is 99.8 cm³/mol. The van der Waals surface area contributed by atoms with Gasteiger partial charge >= 0.3 is 0 Å². The van der Waals surface area contributed by atoms with Crippen molar-refractivity contribution in [1.82, 2.24) is 19.7 Å². The Hall–Kier alpha value is -2.70. The second-order valence-corrected chi connectivity index (χ2v) is 6.68.